The Bertz CT molecular complexity index is 549. The van der Waals surface area contributed by atoms with E-state index in [1.54, 1.807) is 25.6 Å². The molecule has 5 heteroatoms. The summed E-state index contributed by atoms with van der Waals surface area (Å²) in [5.74, 6) is 0.616. The molecule has 1 heterocycles. The van der Waals surface area contributed by atoms with Crippen LogP contribution in [0.15, 0.2) is 16.3 Å². The van der Waals surface area contributed by atoms with Crippen molar-refractivity contribution in [3.05, 3.63) is 28.5 Å². The second-order valence-electron chi connectivity index (χ2n) is 3.86. The summed E-state index contributed by atoms with van der Waals surface area (Å²) >= 11 is 0. The molecular formula is C11H14N4O. The van der Waals surface area contributed by atoms with Gasteiger partial charge in [-0.2, -0.15) is 0 Å². The molecule has 0 unspecified atom stereocenters. The van der Waals surface area contributed by atoms with Crippen LogP contribution in [0, 0.1) is 6.92 Å². The maximum atomic E-state index is 12.0. The van der Waals surface area contributed by atoms with Gasteiger partial charge in [-0.15, -0.1) is 0 Å². The van der Waals surface area contributed by atoms with Crippen LogP contribution in [0.4, 0.5) is 0 Å². The number of imidazole rings is 1. The Morgan fingerprint density at radius 1 is 1.38 bits per heavy atom. The molecule has 2 rings (SSSR count). The van der Waals surface area contributed by atoms with E-state index >= 15 is 0 Å². The molecule has 1 aliphatic rings. The van der Waals surface area contributed by atoms with Gasteiger partial charge in [-0.3, -0.25) is 9.79 Å². The average Bonchev–Trinajstić information content (AvgIpc) is 2.53. The molecule has 2 N–H and O–H groups in total. The number of carbonyl (C=O) groups is 1. The molecule has 0 saturated heterocycles. The molecule has 5 nitrogen and oxygen atoms in total. The molecule has 16 heavy (non-hydrogen) atoms. The Morgan fingerprint density at radius 2 is 2.00 bits per heavy atom. The minimum absolute atomic E-state index is 0.164. The van der Waals surface area contributed by atoms with Gasteiger partial charge >= 0.3 is 0 Å². The molecule has 0 bridgehead atoms. The fraction of sp³-hybridized carbons (Fsp3) is 0.364. The number of hydrogen-bond acceptors (Lipinski definition) is 4. The molecule has 1 aromatic rings. The Hall–Kier alpha value is -1.91. The van der Waals surface area contributed by atoms with Gasteiger partial charge in [0.25, 0.3) is 0 Å². The zero-order valence-electron chi connectivity index (χ0n) is 9.83. The number of ketones is 1. The molecule has 1 aromatic heterocycles. The molecule has 1 aliphatic carbocycles. The van der Waals surface area contributed by atoms with Crippen LogP contribution in [0.5, 0.6) is 0 Å². The van der Waals surface area contributed by atoms with Crippen LogP contribution in [-0.4, -0.2) is 28.1 Å². The number of hydrogen-bond donors (Lipinski definition) is 1. The third kappa shape index (κ3) is 1.14. The quantitative estimate of drug-likeness (QED) is 0.692. The molecule has 0 amide bonds. The SMILES string of the molecule is CN=C1C(C)=C(N)C(=O)c2c1nc(C)n2C. The highest BCUT2D eigenvalue weighted by molar-refractivity contribution is 6.26. The third-order valence-corrected chi connectivity index (χ3v) is 2.99. The van der Waals surface area contributed by atoms with E-state index in [1.807, 2.05) is 6.92 Å². The van der Waals surface area contributed by atoms with E-state index in [-0.39, 0.29) is 11.5 Å². The highest BCUT2D eigenvalue weighted by Crippen LogP contribution is 2.24. The van der Waals surface area contributed by atoms with E-state index in [1.165, 1.54) is 0 Å². The number of aryl methyl sites for hydroxylation is 1. The number of Topliss-reactive ketones (excluding diaryl/α,β-unsaturated/α-hetero) is 1. The smallest absolute Gasteiger partial charge is 0.227 e. The average molecular weight is 218 g/mol. The van der Waals surface area contributed by atoms with Crippen molar-refractivity contribution in [3.8, 4) is 0 Å². The first-order chi connectivity index (χ1) is 7.49. The highest BCUT2D eigenvalue weighted by atomic mass is 16.1. The van der Waals surface area contributed by atoms with Crippen molar-refractivity contribution in [2.24, 2.45) is 17.8 Å². The lowest BCUT2D eigenvalue weighted by Crippen LogP contribution is -2.27. The van der Waals surface area contributed by atoms with Gasteiger partial charge in [-0.1, -0.05) is 0 Å². The van der Waals surface area contributed by atoms with E-state index in [0.717, 1.165) is 5.82 Å². The largest absolute Gasteiger partial charge is 0.395 e. The summed E-state index contributed by atoms with van der Waals surface area (Å²) in [6.07, 6.45) is 0. The molecule has 0 atom stereocenters. The maximum Gasteiger partial charge on any atom is 0.227 e. The summed E-state index contributed by atoms with van der Waals surface area (Å²) in [5.41, 5.74) is 8.63. The first kappa shape index (κ1) is 10.6. The highest BCUT2D eigenvalue weighted by Gasteiger charge is 2.31. The van der Waals surface area contributed by atoms with Gasteiger partial charge in [0.2, 0.25) is 5.78 Å². The first-order valence-electron chi connectivity index (χ1n) is 5.01. The number of aromatic nitrogens is 2. The van der Waals surface area contributed by atoms with Gasteiger partial charge in [-0.25, -0.2) is 4.98 Å². The number of aliphatic imine (C=N–C) groups is 1. The van der Waals surface area contributed by atoms with Crippen LogP contribution in [0.25, 0.3) is 0 Å². The minimum Gasteiger partial charge on any atom is -0.395 e. The van der Waals surface area contributed by atoms with E-state index in [9.17, 15) is 4.79 Å². The molecular weight excluding hydrogens is 204 g/mol. The minimum atomic E-state index is -0.164. The number of carbonyl (C=O) groups excluding carboxylic acids is 1. The van der Waals surface area contributed by atoms with Crippen LogP contribution in [0.2, 0.25) is 0 Å². The summed E-state index contributed by atoms with van der Waals surface area (Å²) in [5, 5.41) is 0. The van der Waals surface area contributed by atoms with Gasteiger partial charge in [0.05, 0.1) is 11.4 Å². The van der Waals surface area contributed by atoms with Crippen LogP contribution in [0.1, 0.15) is 28.9 Å². The molecule has 0 saturated carbocycles. The topological polar surface area (TPSA) is 73.3 Å². The summed E-state index contributed by atoms with van der Waals surface area (Å²) in [6, 6.07) is 0. The first-order valence-corrected chi connectivity index (χ1v) is 5.01. The van der Waals surface area contributed by atoms with Crippen molar-refractivity contribution >= 4 is 11.5 Å². The van der Waals surface area contributed by atoms with Crippen molar-refractivity contribution in [1.82, 2.24) is 9.55 Å². The summed E-state index contributed by atoms with van der Waals surface area (Å²) in [4.78, 5) is 20.5. The Kier molecular flexibility index (Phi) is 2.18. The van der Waals surface area contributed by atoms with Gasteiger partial charge < -0.3 is 10.3 Å². The fourth-order valence-corrected chi connectivity index (χ4v) is 1.91. The zero-order chi connectivity index (χ0) is 12.0. The van der Waals surface area contributed by atoms with Crippen molar-refractivity contribution in [2.45, 2.75) is 13.8 Å². The lowest BCUT2D eigenvalue weighted by Gasteiger charge is -2.15. The second-order valence-corrected chi connectivity index (χ2v) is 3.86. The Balaban J connectivity index is 2.82. The number of nitrogens with two attached hydrogens (primary N) is 1. The predicted molar refractivity (Wildman–Crippen MR) is 61.6 cm³/mol. The standard InChI is InChI=1S/C11H14N4O/c1-5-7(12)11(16)10-9(8(5)13-3)14-6(2)15(10)4/h12H2,1-4H3. The predicted octanol–water partition coefficient (Wildman–Crippen LogP) is 0.576. The summed E-state index contributed by atoms with van der Waals surface area (Å²) < 4.78 is 1.75. The molecule has 0 aromatic carbocycles. The van der Waals surface area contributed by atoms with Gasteiger partial charge in [0, 0.05) is 19.7 Å². The van der Waals surface area contributed by atoms with Crippen molar-refractivity contribution in [1.29, 1.82) is 0 Å². The number of allylic oxidation sites excluding steroid dienone is 2. The van der Waals surface area contributed by atoms with Gasteiger partial charge in [0.1, 0.15) is 17.2 Å². The van der Waals surface area contributed by atoms with Crippen molar-refractivity contribution in [2.75, 3.05) is 7.05 Å². The molecule has 0 fully saturated rings. The number of rotatable bonds is 0. The Morgan fingerprint density at radius 3 is 2.56 bits per heavy atom. The van der Waals surface area contributed by atoms with E-state index < -0.39 is 0 Å². The van der Waals surface area contributed by atoms with E-state index in [2.05, 4.69) is 9.98 Å². The Labute approximate surface area is 93.7 Å². The molecule has 0 aliphatic heterocycles. The summed E-state index contributed by atoms with van der Waals surface area (Å²) in [6.45, 7) is 3.65. The van der Waals surface area contributed by atoms with Crippen LogP contribution in [0.3, 0.4) is 0 Å². The second kappa shape index (κ2) is 3.30. The maximum absolute atomic E-state index is 12.0. The molecule has 84 valence electrons. The monoisotopic (exact) mass is 218 g/mol. The lowest BCUT2D eigenvalue weighted by atomic mass is 9.95. The molecule has 0 spiro atoms. The normalized spacial score (nSPS) is 18.2. The van der Waals surface area contributed by atoms with Gasteiger partial charge in [0.15, 0.2) is 0 Å². The van der Waals surface area contributed by atoms with Crippen LogP contribution < -0.4 is 5.73 Å². The third-order valence-electron chi connectivity index (χ3n) is 2.99. The van der Waals surface area contributed by atoms with Crippen LogP contribution in [-0.2, 0) is 7.05 Å². The number of fused-ring (bicyclic) bond motifs is 1. The van der Waals surface area contributed by atoms with E-state index in [4.69, 9.17) is 5.73 Å². The van der Waals surface area contributed by atoms with Crippen LogP contribution >= 0.6 is 0 Å². The summed E-state index contributed by atoms with van der Waals surface area (Å²) in [7, 11) is 3.48. The van der Waals surface area contributed by atoms with E-state index in [0.29, 0.717) is 22.7 Å². The molecule has 0 radical (unpaired) electrons. The zero-order valence-corrected chi connectivity index (χ0v) is 9.83. The lowest BCUT2D eigenvalue weighted by molar-refractivity contribution is 0.102. The van der Waals surface area contributed by atoms with Gasteiger partial charge in [-0.05, 0) is 13.8 Å². The number of nitrogens with zero attached hydrogens (tertiary/aromatic N) is 3. The fourth-order valence-electron chi connectivity index (χ4n) is 1.91. The van der Waals surface area contributed by atoms with Crippen molar-refractivity contribution in [3.63, 3.8) is 0 Å². The van der Waals surface area contributed by atoms with Crippen molar-refractivity contribution < 1.29 is 4.79 Å².